The maximum Gasteiger partial charge on any atom is 0.337 e. The minimum Gasteiger partial charge on any atom is -0.478 e. The number of carboxylic acid groups (broad SMARTS) is 1. The van der Waals surface area contributed by atoms with Gasteiger partial charge >= 0.3 is 5.97 Å². The number of carbonyl (C=O) groups excluding carboxylic acids is 1. The van der Waals surface area contributed by atoms with Crippen LogP contribution < -0.4 is 5.32 Å². The number of carboxylic acids is 1. The van der Waals surface area contributed by atoms with Gasteiger partial charge in [0.15, 0.2) is 0 Å². The monoisotopic (exact) mass is 274 g/mol. The number of aromatic nitrogens is 3. The van der Waals surface area contributed by atoms with E-state index in [0.29, 0.717) is 5.69 Å². The summed E-state index contributed by atoms with van der Waals surface area (Å²) in [6.45, 7) is 1.84. The van der Waals surface area contributed by atoms with Gasteiger partial charge in [0, 0.05) is 19.4 Å². The van der Waals surface area contributed by atoms with Gasteiger partial charge < -0.3 is 15.0 Å². The minimum absolute atomic E-state index is 0.0886. The second-order valence-electron chi connectivity index (χ2n) is 4.27. The molecule has 2 aromatic rings. The summed E-state index contributed by atoms with van der Waals surface area (Å²) in [6, 6.07) is 2.77. The van der Waals surface area contributed by atoms with Gasteiger partial charge in [-0.25, -0.2) is 14.8 Å². The second-order valence-corrected chi connectivity index (χ2v) is 4.27. The van der Waals surface area contributed by atoms with Crippen molar-refractivity contribution >= 4 is 11.9 Å². The maximum absolute atomic E-state index is 11.9. The number of hydrogen-bond donors (Lipinski definition) is 2. The van der Waals surface area contributed by atoms with Crippen molar-refractivity contribution < 1.29 is 14.7 Å². The Morgan fingerprint density at radius 2 is 2.15 bits per heavy atom. The molecular weight excluding hydrogens is 260 g/mol. The van der Waals surface area contributed by atoms with Gasteiger partial charge in [0.05, 0.1) is 17.8 Å². The third-order valence-corrected chi connectivity index (χ3v) is 2.88. The summed E-state index contributed by atoms with van der Waals surface area (Å²) in [5.74, 6) is -0.708. The predicted octanol–water partition coefficient (Wildman–Crippen LogP) is 0.752. The van der Waals surface area contributed by atoms with Crippen LogP contribution in [0.25, 0.3) is 0 Å². The molecule has 0 fully saturated rings. The van der Waals surface area contributed by atoms with Crippen LogP contribution in [0.5, 0.6) is 0 Å². The van der Waals surface area contributed by atoms with Gasteiger partial charge in [-0.05, 0) is 19.1 Å². The smallest absolute Gasteiger partial charge is 0.337 e. The molecule has 0 aromatic carbocycles. The van der Waals surface area contributed by atoms with E-state index >= 15 is 0 Å². The molecule has 1 amide bonds. The maximum atomic E-state index is 11.9. The normalized spacial score (nSPS) is 10.3. The highest BCUT2D eigenvalue weighted by Crippen LogP contribution is 2.07. The zero-order chi connectivity index (χ0) is 14.7. The summed E-state index contributed by atoms with van der Waals surface area (Å²) in [6.07, 6.45) is 3.43. The van der Waals surface area contributed by atoms with Gasteiger partial charge in [-0.2, -0.15) is 0 Å². The number of aryl methyl sites for hydroxylation is 2. The molecule has 0 saturated heterocycles. The lowest BCUT2D eigenvalue weighted by Gasteiger charge is -2.06. The number of carbonyl (C=O) groups is 2. The Bertz CT molecular complexity index is 663. The topological polar surface area (TPSA) is 97.1 Å². The average molecular weight is 274 g/mol. The Hall–Kier alpha value is -2.70. The molecule has 7 nitrogen and oxygen atoms in total. The summed E-state index contributed by atoms with van der Waals surface area (Å²) >= 11 is 0. The Morgan fingerprint density at radius 1 is 1.40 bits per heavy atom. The first-order valence-electron chi connectivity index (χ1n) is 5.94. The zero-order valence-corrected chi connectivity index (χ0v) is 11.1. The van der Waals surface area contributed by atoms with Crippen molar-refractivity contribution in [1.29, 1.82) is 0 Å². The quantitative estimate of drug-likeness (QED) is 0.857. The van der Waals surface area contributed by atoms with Gasteiger partial charge in [0.25, 0.3) is 5.91 Å². The summed E-state index contributed by atoms with van der Waals surface area (Å²) in [5, 5.41) is 11.6. The zero-order valence-electron chi connectivity index (χ0n) is 11.1. The van der Waals surface area contributed by atoms with E-state index < -0.39 is 5.97 Å². The fourth-order valence-electron chi connectivity index (χ4n) is 1.73. The lowest BCUT2D eigenvalue weighted by molar-refractivity contribution is 0.0694. The fraction of sp³-hybridized carbons (Fsp3) is 0.231. The number of aromatic carboxylic acids is 1. The molecule has 20 heavy (non-hydrogen) atoms. The molecule has 0 aliphatic heterocycles. The van der Waals surface area contributed by atoms with E-state index in [0.717, 1.165) is 5.82 Å². The first-order valence-corrected chi connectivity index (χ1v) is 5.94. The summed E-state index contributed by atoms with van der Waals surface area (Å²) in [5.41, 5.74) is 0.578. The number of rotatable bonds is 4. The number of pyridine rings is 1. The Labute approximate surface area is 115 Å². The Kier molecular flexibility index (Phi) is 3.79. The van der Waals surface area contributed by atoms with Crippen molar-refractivity contribution in [3.8, 4) is 0 Å². The number of nitrogens with zero attached hydrogens (tertiary/aromatic N) is 3. The van der Waals surface area contributed by atoms with E-state index in [1.807, 2.05) is 7.05 Å². The van der Waals surface area contributed by atoms with E-state index in [4.69, 9.17) is 5.11 Å². The third-order valence-electron chi connectivity index (χ3n) is 2.88. The first kappa shape index (κ1) is 13.7. The summed E-state index contributed by atoms with van der Waals surface area (Å²) < 4.78 is 1.80. The fourth-order valence-corrected chi connectivity index (χ4v) is 1.73. The van der Waals surface area contributed by atoms with Gasteiger partial charge in [0.2, 0.25) is 0 Å². The van der Waals surface area contributed by atoms with Crippen LogP contribution >= 0.6 is 0 Å². The van der Waals surface area contributed by atoms with Gasteiger partial charge in [-0.1, -0.05) is 0 Å². The highest BCUT2D eigenvalue weighted by Gasteiger charge is 2.13. The molecule has 0 unspecified atom stereocenters. The molecule has 0 spiro atoms. The molecular formula is C13H14N4O3. The van der Waals surface area contributed by atoms with Crippen molar-refractivity contribution in [2.75, 3.05) is 0 Å². The molecule has 7 heteroatoms. The summed E-state index contributed by atoms with van der Waals surface area (Å²) in [4.78, 5) is 30.9. The van der Waals surface area contributed by atoms with Crippen LogP contribution in [0.3, 0.4) is 0 Å². The highest BCUT2D eigenvalue weighted by atomic mass is 16.4. The average Bonchev–Trinajstić information content (AvgIpc) is 2.81. The van der Waals surface area contributed by atoms with Crippen LogP contribution in [-0.2, 0) is 13.6 Å². The van der Waals surface area contributed by atoms with Crippen LogP contribution in [0.1, 0.15) is 32.4 Å². The molecule has 2 N–H and O–H groups in total. The number of amides is 1. The predicted molar refractivity (Wildman–Crippen MR) is 70.3 cm³/mol. The molecule has 0 aliphatic rings. The molecule has 104 valence electrons. The van der Waals surface area contributed by atoms with Crippen molar-refractivity contribution in [1.82, 2.24) is 19.9 Å². The molecule has 0 bridgehead atoms. The largest absolute Gasteiger partial charge is 0.478 e. The Balaban J connectivity index is 2.08. The van der Waals surface area contributed by atoms with Crippen molar-refractivity contribution in [3.05, 3.63) is 47.3 Å². The lowest BCUT2D eigenvalue weighted by atomic mass is 10.2. The lowest BCUT2D eigenvalue weighted by Crippen LogP contribution is -2.25. The first-order chi connectivity index (χ1) is 9.49. The molecule has 2 aromatic heterocycles. The highest BCUT2D eigenvalue weighted by molar-refractivity contribution is 5.94. The van der Waals surface area contributed by atoms with Crippen molar-refractivity contribution in [2.24, 2.45) is 7.05 Å². The molecule has 2 rings (SSSR count). The van der Waals surface area contributed by atoms with E-state index in [1.54, 1.807) is 23.9 Å². The SMILES string of the molecule is Cc1nc(C(=O)NCc2nccn2C)ccc1C(=O)O. The van der Waals surface area contributed by atoms with Gasteiger partial charge in [-0.3, -0.25) is 4.79 Å². The number of hydrogen-bond acceptors (Lipinski definition) is 4. The molecule has 2 heterocycles. The second kappa shape index (κ2) is 5.52. The molecule has 0 saturated carbocycles. The van der Waals surface area contributed by atoms with E-state index in [1.165, 1.54) is 12.1 Å². The van der Waals surface area contributed by atoms with Crippen molar-refractivity contribution in [3.63, 3.8) is 0 Å². The van der Waals surface area contributed by atoms with Gasteiger partial charge in [0.1, 0.15) is 11.5 Å². The third kappa shape index (κ3) is 2.82. The van der Waals surface area contributed by atoms with Gasteiger partial charge in [-0.15, -0.1) is 0 Å². The van der Waals surface area contributed by atoms with E-state index in [9.17, 15) is 9.59 Å². The number of imidazole rings is 1. The van der Waals surface area contributed by atoms with Crippen LogP contribution in [0.4, 0.5) is 0 Å². The summed E-state index contributed by atoms with van der Waals surface area (Å²) in [7, 11) is 1.83. The minimum atomic E-state index is -1.06. The molecule has 0 atom stereocenters. The van der Waals surface area contributed by atoms with Crippen LogP contribution in [0, 0.1) is 6.92 Å². The van der Waals surface area contributed by atoms with Crippen LogP contribution in [0.2, 0.25) is 0 Å². The Morgan fingerprint density at radius 3 is 2.70 bits per heavy atom. The van der Waals surface area contributed by atoms with Crippen molar-refractivity contribution in [2.45, 2.75) is 13.5 Å². The van der Waals surface area contributed by atoms with Crippen LogP contribution in [-0.4, -0.2) is 31.5 Å². The molecule has 0 radical (unpaired) electrons. The number of nitrogens with one attached hydrogen (secondary N) is 1. The van der Waals surface area contributed by atoms with E-state index in [-0.39, 0.29) is 23.7 Å². The molecule has 0 aliphatic carbocycles. The van der Waals surface area contributed by atoms with E-state index in [2.05, 4.69) is 15.3 Å². The van der Waals surface area contributed by atoms with Crippen LogP contribution in [0.15, 0.2) is 24.5 Å². The standard InChI is InChI=1S/C13H14N4O3/c1-8-9(13(19)20)3-4-10(16-8)12(18)15-7-11-14-5-6-17(11)2/h3-6H,7H2,1-2H3,(H,15,18)(H,19,20).